The van der Waals surface area contributed by atoms with Gasteiger partial charge in [0.2, 0.25) is 0 Å². The summed E-state index contributed by atoms with van der Waals surface area (Å²) in [5.74, 6) is 0.223. The summed E-state index contributed by atoms with van der Waals surface area (Å²) in [6.07, 6.45) is 2.18. The molecule has 2 N–H and O–H groups in total. The molecule has 7 nitrogen and oxygen atoms in total. The molecule has 166 valence electrons. The Kier molecular flexibility index (Phi) is 9.09. The van der Waals surface area contributed by atoms with Gasteiger partial charge in [0.15, 0.2) is 0 Å². The molecule has 0 aliphatic carbocycles. The van der Waals surface area contributed by atoms with E-state index in [4.69, 9.17) is 24.3 Å². The highest BCUT2D eigenvalue weighted by Gasteiger charge is 2.26. The zero-order valence-electron chi connectivity index (χ0n) is 18.2. The first-order valence-corrected chi connectivity index (χ1v) is 10.3. The molecule has 0 bridgehead atoms. The fraction of sp³-hybridized carbons (Fsp3) is 0.391. The Balaban J connectivity index is 1.71. The lowest BCUT2D eigenvalue weighted by molar-refractivity contribution is -0.154. The number of carbonyl (C=O) groups is 2. The molecule has 2 rings (SSSR count). The van der Waals surface area contributed by atoms with Gasteiger partial charge in [-0.05, 0) is 75.0 Å². The smallest absolute Gasteiger partial charge is 0.488 e. The van der Waals surface area contributed by atoms with E-state index in [0.29, 0.717) is 42.2 Å². The van der Waals surface area contributed by atoms with Crippen LogP contribution < -0.4 is 14.9 Å². The second-order valence-electron chi connectivity index (χ2n) is 7.79. The summed E-state index contributed by atoms with van der Waals surface area (Å²) in [6.45, 7) is 6.55. The number of rotatable bonds is 11. The van der Waals surface area contributed by atoms with Crippen LogP contribution in [-0.2, 0) is 9.53 Å². The first kappa shape index (κ1) is 24.4. The lowest BCUT2D eigenvalue weighted by Crippen LogP contribution is -2.29. The van der Waals surface area contributed by atoms with Crippen LogP contribution in [-0.4, -0.2) is 42.3 Å². The molecule has 8 heteroatoms. The van der Waals surface area contributed by atoms with E-state index in [1.807, 2.05) is 20.8 Å². The Labute approximate surface area is 183 Å². The SMILES string of the molecule is CCC(C)(C)C(=O)OCCCCOc1ccc(C(=O)Oc2ccc(B(O)O)cc2)cc1. The second-order valence-corrected chi connectivity index (χ2v) is 7.79. The van der Waals surface area contributed by atoms with Gasteiger partial charge in [0, 0.05) is 0 Å². The number of ether oxygens (including phenoxy) is 3. The van der Waals surface area contributed by atoms with E-state index < -0.39 is 18.5 Å². The summed E-state index contributed by atoms with van der Waals surface area (Å²) in [5, 5.41) is 18.2. The van der Waals surface area contributed by atoms with Crippen molar-refractivity contribution >= 4 is 24.5 Å². The largest absolute Gasteiger partial charge is 0.494 e. The molecule has 0 aliphatic rings. The van der Waals surface area contributed by atoms with Crippen LogP contribution in [0.2, 0.25) is 0 Å². The third-order valence-corrected chi connectivity index (χ3v) is 4.96. The van der Waals surface area contributed by atoms with Crippen LogP contribution in [0.25, 0.3) is 0 Å². The van der Waals surface area contributed by atoms with Crippen molar-refractivity contribution in [1.82, 2.24) is 0 Å². The van der Waals surface area contributed by atoms with Crippen LogP contribution in [0.4, 0.5) is 0 Å². The van der Waals surface area contributed by atoms with Crippen molar-refractivity contribution in [3.05, 3.63) is 54.1 Å². The Bertz CT molecular complexity index is 845. The molecule has 0 saturated heterocycles. The first-order chi connectivity index (χ1) is 14.7. The van der Waals surface area contributed by atoms with E-state index in [0.717, 1.165) is 12.8 Å². The summed E-state index contributed by atoms with van der Waals surface area (Å²) in [7, 11) is -1.57. The minimum absolute atomic E-state index is 0.180. The summed E-state index contributed by atoms with van der Waals surface area (Å²) < 4.78 is 16.2. The minimum atomic E-state index is -1.57. The second kappa shape index (κ2) is 11.5. The van der Waals surface area contributed by atoms with Crippen LogP contribution in [0.15, 0.2) is 48.5 Å². The molecular weight excluding hydrogens is 399 g/mol. The summed E-state index contributed by atoms with van der Waals surface area (Å²) in [5.41, 5.74) is 0.221. The maximum atomic E-state index is 12.2. The van der Waals surface area contributed by atoms with Crippen LogP contribution in [0.5, 0.6) is 11.5 Å². The number of hydrogen-bond donors (Lipinski definition) is 2. The maximum absolute atomic E-state index is 12.2. The fourth-order valence-electron chi connectivity index (χ4n) is 2.46. The lowest BCUT2D eigenvalue weighted by Gasteiger charge is -2.20. The van der Waals surface area contributed by atoms with Gasteiger partial charge in [-0.25, -0.2) is 4.79 Å². The van der Waals surface area contributed by atoms with Gasteiger partial charge in [-0.3, -0.25) is 4.79 Å². The monoisotopic (exact) mass is 428 g/mol. The predicted octanol–water partition coefficient (Wildman–Crippen LogP) is 2.72. The average molecular weight is 428 g/mol. The van der Waals surface area contributed by atoms with Crippen molar-refractivity contribution in [2.45, 2.75) is 40.0 Å². The topological polar surface area (TPSA) is 102 Å². The van der Waals surface area contributed by atoms with E-state index in [2.05, 4.69) is 0 Å². The van der Waals surface area contributed by atoms with E-state index in [9.17, 15) is 9.59 Å². The standard InChI is InChI=1S/C23H29BO7/c1-4-23(2,3)22(26)30-16-6-5-15-29-19-11-7-17(8-12-19)21(25)31-20-13-9-18(10-14-20)24(27)28/h7-14,27-28H,4-6,15-16H2,1-3H3. The normalized spacial score (nSPS) is 11.0. The Morgan fingerprint density at radius 1 is 0.903 bits per heavy atom. The van der Waals surface area contributed by atoms with E-state index >= 15 is 0 Å². The molecule has 2 aromatic carbocycles. The summed E-state index contributed by atoms with van der Waals surface area (Å²) in [4.78, 5) is 24.1. The van der Waals surface area contributed by atoms with Gasteiger partial charge >= 0.3 is 19.1 Å². The van der Waals surface area contributed by atoms with Gasteiger partial charge in [-0.15, -0.1) is 0 Å². The predicted molar refractivity (Wildman–Crippen MR) is 117 cm³/mol. The summed E-state index contributed by atoms with van der Waals surface area (Å²) in [6, 6.07) is 12.5. The van der Waals surface area contributed by atoms with Crippen LogP contribution in [0.3, 0.4) is 0 Å². The molecule has 0 aliphatic heterocycles. The van der Waals surface area contributed by atoms with Crippen molar-refractivity contribution in [1.29, 1.82) is 0 Å². The minimum Gasteiger partial charge on any atom is -0.494 e. The Morgan fingerprint density at radius 2 is 1.48 bits per heavy atom. The Hall–Kier alpha value is -2.84. The zero-order chi connectivity index (χ0) is 22.9. The number of hydrogen-bond acceptors (Lipinski definition) is 7. The maximum Gasteiger partial charge on any atom is 0.488 e. The zero-order valence-corrected chi connectivity index (χ0v) is 18.2. The molecule has 0 aromatic heterocycles. The van der Waals surface area contributed by atoms with Crippen molar-refractivity contribution in [3.63, 3.8) is 0 Å². The third kappa shape index (κ3) is 7.73. The van der Waals surface area contributed by atoms with E-state index in [1.54, 1.807) is 24.3 Å². The van der Waals surface area contributed by atoms with Crippen LogP contribution in [0, 0.1) is 5.41 Å². The van der Waals surface area contributed by atoms with Crippen molar-refractivity contribution in [2.75, 3.05) is 13.2 Å². The number of benzene rings is 2. The molecule has 0 radical (unpaired) electrons. The number of esters is 2. The quantitative estimate of drug-likeness (QED) is 0.246. The van der Waals surface area contributed by atoms with Crippen molar-refractivity contribution in [2.24, 2.45) is 5.41 Å². The molecule has 0 fully saturated rings. The first-order valence-electron chi connectivity index (χ1n) is 10.3. The molecular formula is C23H29BO7. The van der Waals surface area contributed by atoms with Crippen LogP contribution in [0.1, 0.15) is 50.4 Å². The molecule has 0 atom stereocenters. The van der Waals surface area contributed by atoms with Crippen molar-refractivity contribution < 1.29 is 33.8 Å². The fourth-order valence-corrected chi connectivity index (χ4v) is 2.46. The highest BCUT2D eigenvalue weighted by molar-refractivity contribution is 6.58. The van der Waals surface area contributed by atoms with Gasteiger partial charge < -0.3 is 24.3 Å². The molecule has 0 spiro atoms. The van der Waals surface area contributed by atoms with E-state index in [-0.39, 0.29) is 5.97 Å². The molecule has 2 aromatic rings. The average Bonchev–Trinajstić information content (AvgIpc) is 2.76. The highest BCUT2D eigenvalue weighted by Crippen LogP contribution is 2.21. The highest BCUT2D eigenvalue weighted by atomic mass is 16.5. The van der Waals surface area contributed by atoms with Gasteiger partial charge in [-0.2, -0.15) is 0 Å². The van der Waals surface area contributed by atoms with E-state index in [1.165, 1.54) is 24.3 Å². The van der Waals surface area contributed by atoms with Gasteiger partial charge in [0.1, 0.15) is 11.5 Å². The summed E-state index contributed by atoms with van der Waals surface area (Å²) >= 11 is 0. The third-order valence-electron chi connectivity index (χ3n) is 4.96. The Morgan fingerprint density at radius 3 is 2.06 bits per heavy atom. The van der Waals surface area contributed by atoms with Gasteiger partial charge in [-0.1, -0.05) is 19.1 Å². The van der Waals surface area contributed by atoms with Gasteiger partial charge in [0.05, 0.1) is 24.2 Å². The number of carbonyl (C=O) groups excluding carboxylic acids is 2. The number of unbranched alkanes of at least 4 members (excludes halogenated alkanes) is 1. The van der Waals surface area contributed by atoms with Crippen LogP contribution >= 0.6 is 0 Å². The lowest BCUT2D eigenvalue weighted by atomic mass is 9.80. The molecule has 31 heavy (non-hydrogen) atoms. The molecule has 0 amide bonds. The molecule has 0 heterocycles. The molecule has 0 unspecified atom stereocenters. The van der Waals surface area contributed by atoms with Crippen molar-refractivity contribution in [3.8, 4) is 11.5 Å². The molecule has 0 saturated carbocycles. The van der Waals surface area contributed by atoms with Gasteiger partial charge in [0.25, 0.3) is 0 Å².